The van der Waals surface area contributed by atoms with Gasteiger partial charge in [0.1, 0.15) is 6.61 Å². The van der Waals surface area contributed by atoms with Crippen molar-refractivity contribution in [1.82, 2.24) is 0 Å². The van der Waals surface area contributed by atoms with Gasteiger partial charge >= 0.3 is 17.9 Å². The van der Waals surface area contributed by atoms with E-state index in [2.05, 4.69) is 26.0 Å². The Balaban J connectivity index is 4.40. The normalized spacial score (nSPS) is 13.7. The van der Waals surface area contributed by atoms with Crippen molar-refractivity contribution in [3.05, 3.63) is 85.1 Å². The maximum atomic E-state index is 12.8. The van der Waals surface area contributed by atoms with Crippen LogP contribution in [0.15, 0.2) is 85.1 Å². The van der Waals surface area contributed by atoms with Gasteiger partial charge in [0.2, 0.25) is 0 Å². The molecule has 0 spiro atoms. The summed E-state index contributed by atoms with van der Waals surface area (Å²) in [6.45, 7) is 4.55. The van der Waals surface area contributed by atoms with Crippen molar-refractivity contribution in [3.8, 4) is 0 Å². The van der Waals surface area contributed by atoms with Crippen LogP contribution in [-0.2, 0) is 28.6 Å². The zero-order valence-electron chi connectivity index (χ0n) is 39.6. The minimum Gasteiger partial charge on any atom is -0.477 e. The smallest absolute Gasteiger partial charge is 0.362 e. The highest BCUT2D eigenvalue weighted by molar-refractivity contribution is 5.72. The number of nitrogens with zero attached hydrogens (tertiary/aromatic N) is 1. The molecule has 0 aromatic rings. The van der Waals surface area contributed by atoms with E-state index in [4.69, 9.17) is 14.2 Å². The van der Waals surface area contributed by atoms with Crippen molar-refractivity contribution in [1.29, 1.82) is 0 Å². The first kappa shape index (κ1) is 57.5. The highest BCUT2D eigenvalue weighted by Gasteiger charge is 2.31. The predicted molar refractivity (Wildman–Crippen MR) is 256 cm³/mol. The van der Waals surface area contributed by atoms with Crippen LogP contribution in [0.3, 0.4) is 0 Å². The third-order valence-corrected chi connectivity index (χ3v) is 10.5. The van der Waals surface area contributed by atoms with Gasteiger partial charge < -0.3 is 23.8 Å². The Labute approximate surface area is 373 Å². The lowest BCUT2D eigenvalue weighted by molar-refractivity contribution is -0.887. The minimum absolute atomic E-state index is 0.0390. The van der Waals surface area contributed by atoms with Crippen LogP contribution in [0.1, 0.15) is 181 Å². The molecule has 8 nitrogen and oxygen atoms in total. The molecule has 0 aromatic heterocycles. The number of rotatable bonds is 42. The number of carboxylic acids is 1. The van der Waals surface area contributed by atoms with Gasteiger partial charge in [0, 0.05) is 19.3 Å². The number of hydrogen-bond donors (Lipinski definition) is 1. The van der Waals surface area contributed by atoms with Crippen molar-refractivity contribution in [3.63, 3.8) is 0 Å². The number of carbonyl (C=O) groups is 3. The van der Waals surface area contributed by atoms with Crippen molar-refractivity contribution in [2.24, 2.45) is 0 Å². The molecule has 2 atom stereocenters. The molecule has 8 heteroatoms. The summed E-state index contributed by atoms with van der Waals surface area (Å²) in [5.74, 6) is -1.53. The molecule has 0 bridgehead atoms. The highest BCUT2D eigenvalue weighted by Crippen LogP contribution is 2.15. The first-order valence-corrected chi connectivity index (χ1v) is 24.2. The molecular weight excluding hydrogens is 763 g/mol. The fraction of sp³-hybridized carbons (Fsp3) is 0.679. The van der Waals surface area contributed by atoms with Gasteiger partial charge in [0.25, 0.3) is 0 Å². The summed E-state index contributed by atoms with van der Waals surface area (Å²) in [6.07, 6.45) is 56.3. The van der Waals surface area contributed by atoms with E-state index in [0.717, 1.165) is 44.9 Å². The van der Waals surface area contributed by atoms with Crippen molar-refractivity contribution < 1.29 is 38.2 Å². The standard InChI is InChI=1S/C53H89NO7/c1-6-8-10-12-14-16-18-20-22-24-26-28-30-32-34-36-38-40-42-44-52(56)61-49(47-59-46-45-50(53(57)58)54(3,4)5)48-60-51(55)43-41-39-37-35-33-31-29-27-25-23-21-19-17-15-13-11-9-7-2/h8,10,12,14,16,18,20,22,24,26,28,30,32,34,49-50H,6-7,9,11,13,15,17,19,21,23,25,27,29,31,33,35-48H2,1-5H3/p+1/b10-8+,14-12+,18-16+,22-20+,26-24+,30-28+,34-32+. The van der Waals surface area contributed by atoms with Crippen LogP contribution >= 0.6 is 0 Å². The molecule has 1 N–H and O–H groups in total. The maximum absolute atomic E-state index is 12.8. The second-order valence-corrected chi connectivity index (χ2v) is 17.2. The number of quaternary nitrogens is 1. The quantitative estimate of drug-likeness (QED) is 0.0283. The molecule has 0 saturated carbocycles. The summed E-state index contributed by atoms with van der Waals surface area (Å²) in [5.41, 5.74) is 0. The molecule has 0 saturated heterocycles. The SMILES string of the molecule is CC/C=C/C=C/C=C/C=C/C=C/C=C/C=C/CCCCCC(=O)OC(COCCC(C(=O)O)[N+](C)(C)C)COC(=O)CCCCCCCCCCCCCCCCCCCC. The number of hydrogen-bond acceptors (Lipinski definition) is 6. The number of carbonyl (C=O) groups excluding carboxylic acids is 2. The molecule has 0 aromatic carbocycles. The molecule has 0 fully saturated rings. The van der Waals surface area contributed by atoms with E-state index in [0.29, 0.717) is 19.3 Å². The Morgan fingerprint density at radius 2 is 0.918 bits per heavy atom. The molecule has 2 unspecified atom stereocenters. The van der Waals surface area contributed by atoms with Crippen LogP contribution < -0.4 is 0 Å². The van der Waals surface area contributed by atoms with Crippen LogP contribution in [0.5, 0.6) is 0 Å². The highest BCUT2D eigenvalue weighted by atomic mass is 16.6. The monoisotopic (exact) mass is 853 g/mol. The number of carboxylic acid groups (broad SMARTS) is 1. The van der Waals surface area contributed by atoms with E-state index in [1.54, 1.807) is 0 Å². The van der Waals surface area contributed by atoms with E-state index < -0.39 is 18.1 Å². The maximum Gasteiger partial charge on any atom is 0.362 e. The lowest BCUT2D eigenvalue weighted by Gasteiger charge is -2.31. The summed E-state index contributed by atoms with van der Waals surface area (Å²) in [4.78, 5) is 37.1. The van der Waals surface area contributed by atoms with Crippen molar-refractivity contribution in [2.45, 2.75) is 193 Å². The average molecular weight is 853 g/mol. The average Bonchev–Trinajstić information content (AvgIpc) is 3.22. The van der Waals surface area contributed by atoms with E-state index in [1.165, 1.54) is 96.3 Å². The van der Waals surface area contributed by atoms with Gasteiger partial charge in [0.15, 0.2) is 12.1 Å². The van der Waals surface area contributed by atoms with Gasteiger partial charge in [-0.3, -0.25) is 9.59 Å². The van der Waals surface area contributed by atoms with Gasteiger partial charge in [-0.15, -0.1) is 0 Å². The summed E-state index contributed by atoms with van der Waals surface area (Å²) in [6, 6.07) is -0.628. The first-order chi connectivity index (χ1) is 29.6. The molecule has 0 aliphatic rings. The Bertz CT molecular complexity index is 1270. The Hall–Kier alpha value is -3.49. The van der Waals surface area contributed by atoms with Crippen LogP contribution in [0.4, 0.5) is 0 Å². The van der Waals surface area contributed by atoms with Crippen LogP contribution in [0, 0.1) is 0 Å². The molecular formula is C53H90NO7+. The molecule has 0 rings (SSSR count). The Morgan fingerprint density at radius 1 is 0.508 bits per heavy atom. The third kappa shape index (κ3) is 41.6. The molecule has 0 aliphatic heterocycles. The molecule has 0 radical (unpaired) electrons. The minimum atomic E-state index is -0.885. The number of unbranched alkanes of at least 4 members (excludes halogenated alkanes) is 20. The molecule has 0 heterocycles. The third-order valence-electron chi connectivity index (χ3n) is 10.5. The van der Waals surface area contributed by atoms with Gasteiger partial charge in [0.05, 0.1) is 34.4 Å². The number of ether oxygens (including phenoxy) is 3. The van der Waals surface area contributed by atoms with Crippen molar-refractivity contribution >= 4 is 17.9 Å². The van der Waals surface area contributed by atoms with Crippen molar-refractivity contribution in [2.75, 3.05) is 41.0 Å². The van der Waals surface area contributed by atoms with E-state index in [-0.39, 0.29) is 42.7 Å². The van der Waals surface area contributed by atoms with Crippen LogP contribution in [-0.4, -0.2) is 80.6 Å². The summed E-state index contributed by atoms with van der Waals surface area (Å²) in [7, 11) is 5.51. The largest absolute Gasteiger partial charge is 0.477 e. The zero-order chi connectivity index (χ0) is 44.9. The molecule has 0 amide bonds. The first-order valence-electron chi connectivity index (χ1n) is 24.2. The van der Waals surface area contributed by atoms with E-state index in [1.807, 2.05) is 94.1 Å². The van der Waals surface area contributed by atoms with Gasteiger partial charge in [-0.2, -0.15) is 0 Å². The van der Waals surface area contributed by atoms with E-state index >= 15 is 0 Å². The summed E-state index contributed by atoms with van der Waals surface area (Å²) in [5, 5.41) is 9.64. The summed E-state index contributed by atoms with van der Waals surface area (Å²) < 4.78 is 17.3. The topological polar surface area (TPSA) is 99.1 Å². The van der Waals surface area contributed by atoms with Crippen LogP contribution in [0.25, 0.3) is 0 Å². The van der Waals surface area contributed by atoms with Gasteiger partial charge in [-0.25, -0.2) is 4.79 Å². The summed E-state index contributed by atoms with van der Waals surface area (Å²) >= 11 is 0. The van der Waals surface area contributed by atoms with Gasteiger partial charge in [-0.05, 0) is 32.1 Å². The zero-order valence-corrected chi connectivity index (χ0v) is 39.6. The van der Waals surface area contributed by atoms with Crippen LogP contribution in [0.2, 0.25) is 0 Å². The van der Waals surface area contributed by atoms with Gasteiger partial charge in [-0.1, -0.05) is 214 Å². The molecule has 348 valence electrons. The fourth-order valence-electron chi connectivity index (χ4n) is 6.78. The second kappa shape index (κ2) is 43.2. The second-order valence-electron chi connectivity index (χ2n) is 17.2. The van der Waals surface area contributed by atoms with E-state index in [9.17, 15) is 19.5 Å². The number of aliphatic carboxylic acids is 1. The predicted octanol–water partition coefficient (Wildman–Crippen LogP) is 13.7. The Morgan fingerprint density at radius 3 is 1.36 bits per heavy atom. The fourth-order valence-corrected chi connectivity index (χ4v) is 6.78. The lowest BCUT2D eigenvalue weighted by atomic mass is 10.0. The number of likely N-dealkylation sites (N-methyl/N-ethyl adjacent to an activating group) is 1. The molecule has 0 aliphatic carbocycles. The lowest BCUT2D eigenvalue weighted by Crippen LogP contribution is -2.50. The number of esters is 2. The number of allylic oxidation sites excluding steroid dienone is 14. The molecule has 61 heavy (non-hydrogen) atoms. The Kier molecular flexibility index (Phi) is 40.7.